The summed E-state index contributed by atoms with van der Waals surface area (Å²) >= 11 is 0. The molecular formula is C6H14NO. The van der Waals surface area contributed by atoms with E-state index in [0.29, 0.717) is 0 Å². The molecule has 1 atom stereocenters. The van der Waals surface area contributed by atoms with Crippen molar-refractivity contribution in [2.45, 2.75) is 32.9 Å². The lowest BCUT2D eigenvalue weighted by molar-refractivity contribution is 0.142. The number of aliphatic hydroxyl groups is 1. The third-order valence-corrected chi connectivity index (χ3v) is 0.901. The molecule has 0 spiro atoms. The quantitative estimate of drug-likeness (QED) is 0.534. The molecule has 0 bridgehead atoms. The molecule has 0 fully saturated rings. The minimum atomic E-state index is -0.352. The van der Waals surface area contributed by atoms with E-state index in [9.17, 15) is 0 Å². The number of aliphatic hydroxyl groups excluding tert-OH is 1. The lowest BCUT2D eigenvalue weighted by atomic mass is 10.4. The smallest absolute Gasteiger partial charge is 0.104 e. The maximum Gasteiger partial charge on any atom is 0.104 e. The molecule has 0 aromatic heterocycles. The van der Waals surface area contributed by atoms with Crippen LogP contribution >= 0.6 is 0 Å². The predicted molar refractivity (Wildman–Crippen MR) is 34.0 cm³/mol. The van der Waals surface area contributed by atoms with E-state index < -0.39 is 0 Å². The summed E-state index contributed by atoms with van der Waals surface area (Å²) in [5.74, 6) is 0. The standard InChI is InChI=1S/C6H14NO/c1-3-5-7-6(8)4-2/h5-8H,3-4H2,1-2H3. The maximum absolute atomic E-state index is 8.85. The van der Waals surface area contributed by atoms with Gasteiger partial charge < -0.3 is 5.11 Å². The van der Waals surface area contributed by atoms with Crippen LogP contribution in [0.4, 0.5) is 0 Å². The number of nitrogens with one attached hydrogen (secondary N) is 1. The Bertz CT molecular complexity index is 47.8. The summed E-state index contributed by atoms with van der Waals surface area (Å²) in [7, 11) is 0. The molecule has 0 aromatic carbocycles. The van der Waals surface area contributed by atoms with Crippen molar-refractivity contribution < 1.29 is 5.11 Å². The van der Waals surface area contributed by atoms with Crippen molar-refractivity contribution in [1.29, 1.82) is 0 Å². The third kappa shape index (κ3) is 4.09. The van der Waals surface area contributed by atoms with Gasteiger partial charge in [0.25, 0.3) is 0 Å². The molecule has 0 amide bonds. The summed E-state index contributed by atoms with van der Waals surface area (Å²) < 4.78 is 0. The molecule has 0 rings (SSSR count). The van der Waals surface area contributed by atoms with Gasteiger partial charge in [0.15, 0.2) is 0 Å². The van der Waals surface area contributed by atoms with Gasteiger partial charge in [0, 0.05) is 6.54 Å². The van der Waals surface area contributed by atoms with Crippen molar-refractivity contribution >= 4 is 0 Å². The molecule has 49 valence electrons. The van der Waals surface area contributed by atoms with E-state index in [4.69, 9.17) is 5.11 Å². The highest BCUT2D eigenvalue weighted by Gasteiger charge is 1.94. The molecule has 0 aliphatic rings. The highest BCUT2D eigenvalue weighted by atomic mass is 16.3. The summed E-state index contributed by atoms with van der Waals surface area (Å²) in [4.78, 5) is 0. The van der Waals surface area contributed by atoms with E-state index in [0.717, 1.165) is 12.8 Å². The lowest BCUT2D eigenvalue weighted by Gasteiger charge is -2.06. The molecule has 1 radical (unpaired) electrons. The Labute approximate surface area is 50.9 Å². The van der Waals surface area contributed by atoms with Crippen LogP contribution in [0, 0.1) is 6.54 Å². The topological polar surface area (TPSA) is 32.3 Å². The second-order valence-electron chi connectivity index (χ2n) is 1.70. The minimum absolute atomic E-state index is 0.352. The second kappa shape index (κ2) is 5.06. The van der Waals surface area contributed by atoms with Crippen LogP contribution in [0.15, 0.2) is 0 Å². The zero-order chi connectivity index (χ0) is 6.41. The molecular weight excluding hydrogens is 102 g/mol. The second-order valence-corrected chi connectivity index (χ2v) is 1.70. The van der Waals surface area contributed by atoms with Gasteiger partial charge in [-0.2, -0.15) is 0 Å². The molecule has 0 saturated heterocycles. The van der Waals surface area contributed by atoms with Gasteiger partial charge in [-0.3, -0.25) is 5.32 Å². The molecule has 0 aliphatic heterocycles. The average molecular weight is 116 g/mol. The van der Waals surface area contributed by atoms with Crippen LogP contribution in [-0.2, 0) is 0 Å². The molecule has 0 aliphatic carbocycles. The van der Waals surface area contributed by atoms with E-state index in [1.165, 1.54) is 0 Å². The number of rotatable bonds is 4. The van der Waals surface area contributed by atoms with Crippen LogP contribution in [0.25, 0.3) is 0 Å². The Morgan fingerprint density at radius 3 is 2.62 bits per heavy atom. The maximum atomic E-state index is 8.85. The van der Waals surface area contributed by atoms with E-state index in [2.05, 4.69) is 5.32 Å². The van der Waals surface area contributed by atoms with Crippen LogP contribution in [-0.4, -0.2) is 11.3 Å². The zero-order valence-electron chi connectivity index (χ0n) is 5.52. The van der Waals surface area contributed by atoms with Gasteiger partial charge in [-0.25, -0.2) is 0 Å². The Kier molecular flexibility index (Phi) is 5.01. The fourth-order valence-corrected chi connectivity index (χ4v) is 0.372. The van der Waals surface area contributed by atoms with Gasteiger partial charge in [-0.15, -0.1) is 0 Å². The van der Waals surface area contributed by atoms with Gasteiger partial charge in [-0.05, 0) is 12.8 Å². The monoisotopic (exact) mass is 116 g/mol. The number of hydrogen-bond donors (Lipinski definition) is 2. The van der Waals surface area contributed by atoms with Gasteiger partial charge in [0.2, 0.25) is 0 Å². The van der Waals surface area contributed by atoms with Crippen molar-refractivity contribution in [1.82, 2.24) is 5.32 Å². The minimum Gasteiger partial charge on any atom is -0.379 e. The van der Waals surface area contributed by atoms with Crippen LogP contribution in [0.1, 0.15) is 26.7 Å². The van der Waals surface area contributed by atoms with E-state index in [1.54, 1.807) is 0 Å². The molecule has 2 nitrogen and oxygen atoms in total. The molecule has 2 heteroatoms. The highest BCUT2D eigenvalue weighted by molar-refractivity contribution is 4.59. The normalized spacial score (nSPS) is 13.9. The van der Waals surface area contributed by atoms with Crippen molar-refractivity contribution in [3.63, 3.8) is 0 Å². The van der Waals surface area contributed by atoms with Crippen molar-refractivity contribution in [2.75, 3.05) is 0 Å². The van der Waals surface area contributed by atoms with E-state index in [1.807, 2.05) is 20.4 Å². The Morgan fingerprint density at radius 1 is 1.62 bits per heavy atom. The highest BCUT2D eigenvalue weighted by Crippen LogP contribution is 1.86. The van der Waals surface area contributed by atoms with Crippen molar-refractivity contribution in [3.05, 3.63) is 6.54 Å². The molecule has 0 aromatic rings. The Morgan fingerprint density at radius 2 is 2.25 bits per heavy atom. The van der Waals surface area contributed by atoms with E-state index in [-0.39, 0.29) is 6.23 Å². The summed E-state index contributed by atoms with van der Waals surface area (Å²) in [6.07, 6.45) is 1.36. The summed E-state index contributed by atoms with van der Waals surface area (Å²) in [6, 6.07) is 0. The predicted octanol–water partition coefficient (Wildman–Crippen LogP) is 0.876. The third-order valence-electron chi connectivity index (χ3n) is 0.901. The first kappa shape index (κ1) is 7.92. The molecule has 0 heterocycles. The Hall–Kier alpha value is -0.0800. The van der Waals surface area contributed by atoms with Gasteiger partial charge in [0.1, 0.15) is 6.23 Å². The lowest BCUT2D eigenvalue weighted by Crippen LogP contribution is -2.24. The molecule has 0 saturated carbocycles. The van der Waals surface area contributed by atoms with Crippen LogP contribution < -0.4 is 5.32 Å². The summed E-state index contributed by atoms with van der Waals surface area (Å²) in [5, 5.41) is 11.7. The van der Waals surface area contributed by atoms with Gasteiger partial charge >= 0.3 is 0 Å². The average Bonchev–Trinajstić information content (AvgIpc) is 1.83. The van der Waals surface area contributed by atoms with Crippen LogP contribution in [0.5, 0.6) is 0 Å². The summed E-state index contributed by atoms with van der Waals surface area (Å²) in [5.41, 5.74) is 0. The number of hydrogen-bond acceptors (Lipinski definition) is 2. The first-order valence-electron chi connectivity index (χ1n) is 3.07. The van der Waals surface area contributed by atoms with E-state index >= 15 is 0 Å². The SMILES string of the molecule is CC[CH]NC(O)CC. The van der Waals surface area contributed by atoms with Crippen molar-refractivity contribution in [3.8, 4) is 0 Å². The molecule has 2 N–H and O–H groups in total. The molecule has 8 heavy (non-hydrogen) atoms. The first-order chi connectivity index (χ1) is 3.81. The van der Waals surface area contributed by atoms with Crippen LogP contribution in [0.2, 0.25) is 0 Å². The fourth-order valence-electron chi connectivity index (χ4n) is 0.372. The Balaban J connectivity index is 2.86. The van der Waals surface area contributed by atoms with Gasteiger partial charge in [-0.1, -0.05) is 13.8 Å². The van der Waals surface area contributed by atoms with Crippen LogP contribution in [0.3, 0.4) is 0 Å². The zero-order valence-corrected chi connectivity index (χ0v) is 5.52. The first-order valence-corrected chi connectivity index (χ1v) is 3.07. The molecule has 1 unspecified atom stereocenters. The van der Waals surface area contributed by atoms with Gasteiger partial charge in [0.05, 0.1) is 0 Å². The van der Waals surface area contributed by atoms with Crippen molar-refractivity contribution in [2.24, 2.45) is 0 Å². The largest absolute Gasteiger partial charge is 0.379 e. The fraction of sp³-hybridized carbons (Fsp3) is 0.833. The summed E-state index contributed by atoms with van der Waals surface area (Å²) in [6.45, 7) is 5.81.